The molecule has 0 amide bonds. The van der Waals surface area contributed by atoms with Gasteiger partial charge in [0.15, 0.2) is 11.4 Å². The Balaban J connectivity index is 2.39. The van der Waals surface area contributed by atoms with Crippen molar-refractivity contribution in [2.45, 2.75) is 10.1 Å². The van der Waals surface area contributed by atoms with Crippen LogP contribution in [0.1, 0.15) is 10.4 Å². The zero-order valence-corrected chi connectivity index (χ0v) is 11.2. The Hall–Kier alpha value is -1.34. The fraction of sp³-hybridized carbons (Fsp3) is 0.100. The van der Waals surface area contributed by atoms with Gasteiger partial charge in [0, 0.05) is 22.0 Å². The van der Waals surface area contributed by atoms with E-state index in [0.29, 0.717) is 10.7 Å². The molecule has 0 saturated heterocycles. The van der Waals surface area contributed by atoms with Crippen LogP contribution >= 0.6 is 27.7 Å². The van der Waals surface area contributed by atoms with Gasteiger partial charge < -0.3 is 0 Å². The summed E-state index contributed by atoms with van der Waals surface area (Å²) in [6.07, 6.45) is 0.776. The number of hydrogen-bond donors (Lipinski definition) is 1. The average Bonchev–Trinajstić information content (AvgIpc) is 2.63. The molecule has 1 N–H and O–H groups in total. The van der Waals surface area contributed by atoms with E-state index in [1.807, 2.05) is 6.07 Å². The number of rotatable bonds is 3. The number of benzene rings is 1. The van der Waals surface area contributed by atoms with Gasteiger partial charge in [-0.05, 0) is 30.0 Å². The molecule has 0 unspecified atom stereocenters. The maximum Gasteiger partial charge on any atom is 0.343 e. The number of nitrogens with one attached hydrogen (secondary N) is 1. The molecule has 2 rings (SSSR count). The molecule has 7 heteroatoms. The summed E-state index contributed by atoms with van der Waals surface area (Å²) >= 11 is 4.56. The molecule has 1 aromatic carbocycles. The first-order chi connectivity index (χ1) is 8.11. The van der Waals surface area contributed by atoms with Crippen molar-refractivity contribution in [1.82, 2.24) is 14.8 Å². The second-order valence-corrected chi connectivity index (χ2v) is 5.20. The van der Waals surface area contributed by atoms with Crippen molar-refractivity contribution < 1.29 is 4.79 Å². The number of H-pyrrole nitrogens is 1. The smallest absolute Gasteiger partial charge is 0.298 e. The van der Waals surface area contributed by atoms with Crippen molar-refractivity contribution in [3.8, 4) is 0 Å². The molecule has 0 aliphatic carbocycles. The van der Waals surface area contributed by atoms with E-state index in [4.69, 9.17) is 0 Å². The largest absolute Gasteiger partial charge is 0.343 e. The van der Waals surface area contributed by atoms with Crippen molar-refractivity contribution in [3.63, 3.8) is 0 Å². The highest BCUT2D eigenvalue weighted by Crippen LogP contribution is 2.29. The lowest BCUT2D eigenvalue weighted by molar-refractivity contribution is 0.112. The lowest BCUT2D eigenvalue weighted by atomic mass is 10.2. The maximum atomic E-state index is 11.2. The maximum absolute atomic E-state index is 11.2. The lowest BCUT2D eigenvalue weighted by Gasteiger charge is -2.03. The second kappa shape index (κ2) is 4.89. The topological polar surface area (TPSA) is 67.8 Å². The first kappa shape index (κ1) is 12.1. The van der Waals surface area contributed by atoms with Crippen LogP contribution in [-0.4, -0.2) is 21.1 Å². The molecule has 0 saturated carbocycles. The number of aromatic nitrogens is 3. The van der Waals surface area contributed by atoms with Gasteiger partial charge in [-0.25, -0.2) is 9.89 Å². The van der Waals surface area contributed by atoms with Gasteiger partial charge in [0.05, 0.1) is 0 Å². The summed E-state index contributed by atoms with van der Waals surface area (Å²) in [7, 11) is 1.62. The van der Waals surface area contributed by atoms with E-state index in [9.17, 15) is 9.59 Å². The van der Waals surface area contributed by atoms with E-state index in [2.05, 4.69) is 26.1 Å². The van der Waals surface area contributed by atoms with E-state index in [1.54, 1.807) is 19.2 Å². The van der Waals surface area contributed by atoms with Crippen LogP contribution in [0.4, 0.5) is 0 Å². The quantitative estimate of drug-likeness (QED) is 0.878. The normalized spacial score (nSPS) is 10.5. The summed E-state index contributed by atoms with van der Waals surface area (Å²) in [5.41, 5.74) is 0.275. The molecule has 0 bridgehead atoms. The van der Waals surface area contributed by atoms with Crippen molar-refractivity contribution in [2.24, 2.45) is 7.05 Å². The van der Waals surface area contributed by atoms with Gasteiger partial charge in [0.2, 0.25) is 0 Å². The van der Waals surface area contributed by atoms with E-state index >= 15 is 0 Å². The SMILES string of the molecule is Cn1c(Sc2ccc(Br)cc2C=O)n[nH]c1=O. The molecular formula is C10H8BrN3O2S. The minimum atomic E-state index is -0.280. The van der Waals surface area contributed by atoms with E-state index in [0.717, 1.165) is 15.7 Å². The van der Waals surface area contributed by atoms with Crippen molar-refractivity contribution >= 4 is 34.0 Å². The summed E-state index contributed by atoms with van der Waals surface area (Å²) in [6, 6.07) is 5.36. The first-order valence-corrected chi connectivity index (χ1v) is 6.26. The highest BCUT2D eigenvalue weighted by molar-refractivity contribution is 9.10. The van der Waals surface area contributed by atoms with Gasteiger partial charge in [-0.2, -0.15) is 0 Å². The van der Waals surface area contributed by atoms with Crippen LogP contribution in [0, 0.1) is 0 Å². The molecule has 1 heterocycles. The second-order valence-electron chi connectivity index (χ2n) is 3.27. The Kier molecular flexibility index (Phi) is 3.49. The fourth-order valence-corrected chi connectivity index (χ4v) is 2.47. The van der Waals surface area contributed by atoms with Gasteiger partial charge in [0.25, 0.3) is 0 Å². The van der Waals surface area contributed by atoms with Crippen LogP contribution in [0.3, 0.4) is 0 Å². The number of carbonyl (C=O) groups is 1. The van der Waals surface area contributed by atoms with Gasteiger partial charge in [-0.3, -0.25) is 9.36 Å². The van der Waals surface area contributed by atoms with E-state index in [-0.39, 0.29) is 5.69 Å². The lowest BCUT2D eigenvalue weighted by Crippen LogP contribution is -2.12. The van der Waals surface area contributed by atoms with Crippen LogP contribution in [0.25, 0.3) is 0 Å². The van der Waals surface area contributed by atoms with E-state index in [1.165, 1.54) is 16.3 Å². The third-order valence-electron chi connectivity index (χ3n) is 2.14. The summed E-state index contributed by atoms with van der Waals surface area (Å²) in [5.74, 6) is 0. The molecule has 17 heavy (non-hydrogen) atoms. The van der Waals surface area contributed by atoms with Crippen LogP contribution < -0.4 is 5.69 Å². The Labute approximate surface area is 109 Å². The Bertz CT molecular complexity index is 620. The summed E-state index contributed by atoms with van der Waals surface area (Å²) in [5, 5.41) is 6.73. The molecule has 1 aromatic heterocycles. The van der Waals surface area contributed by atoms with Crippen LogP contribution in [0.2, 0.25) is 0 Å². The molecule has 0 spiro atoms. The number of aldehydes is 1. The van der Waals surface area contributed by atoms with Crippen molar-refractivity contribution in [3.05, 3.63) is 38.7 Å². The van der Waals surface area contributed by atoms with Gasteiger partial charge in [-0.1, -0.05) is 15.9 Å². The molecule has 0 aliphatic heterocycles. The standard InChI is InChI=1S/C10H8BrN3O2S/c1-14-9(16)12-13-10(14)17-8-3-2-7(11)4-6(8)5-15/h2-5H,1H3,(H,12,16). The molecule has 88 valence electrons. The number of carbonyl (C=O) groups excluding carboxylic acids is 1. The highest BCUT2D eigenvalue weighted by atomic mass is 79.9. The van der Waals surface area contributed by atoms with Gasteiger partial charge >= 0.3 is 5.69 Å². The van der Waals surface area contributed by atoms with E-state index < -0.39 is 0 Å². The van der Waals surface area contributed by atoms with Crippen molar-refractivity contribution in [1.29, 1.82) is 0 Å². The minimum Gasteiger partial charge on any atom is -0.298 e. The molecule has 0 fully saturated rings. The highest BCUT2D eigenvalue weighted by Gasteiger charge is 2.09. The van der Waals surface area contributed by atoms with Gasteiger partial charge in [-0.15, -0.1) is 5.10 Å². The number of nitrogens with zero attached hydrogens (tertiary/aromatic N) is 2. The van der Waals surface area contributed by atoms with Crippen LogP contribution in [0.5, 0.6) is 0 Å². The fourth-order valence-electron chi connectivity index (χ4n) is 1.23. The molecule has 0 aliphatic rings. The molecular weight excluding hydrogens is 306 g/mol. The summed E-state index contributed by atoms with van der Waals surface area (Å²) in [6.45, 7) is 0. The monoisotopic (exact) mass is 313 g/mol. The van der Waals surface area contributed by atoms with Crippen molar-refractivity contribution in [2.75, 3.05) is 0 Å². The molecule has 2 aromatic rings. The third-order valence-corrected chi connectivity index (χ3v) is 3.77. The Morgan fingerprint density at radius 1 is 1.53 bits per heavy atom. The van der Waals surface area contributed by atoms with Crippen LogP contribution in [-0.2, 0) is 7.05 Å². The van der Waals surface area contributed by atoms with Crippen LogP contribution in [0.15, 0.2) is 37.5 Å². The van der Waals surface area contributed by atoms with Gasteiger partial charge in [0.1, 0.15) is 0 Å². The Morgan fingerprint density at radius 3 is 2.88 bits per heavy atom. The molecule has 5 nitrogen and oxygen atoms in total. The number of aromatic amines is 1. The Morgan fingerprint density at radius 2 is 2.29 bits per heavy atom. The third kappa shape index (κ3) is 2.50. The summed E-state index contributed by atoms with van der Waals surface area (Å²) in [4.78, 5) is 22.9. The predicted molar refractivity (Wildman–Crippen MR) is 67.5 cm³/mol. The number of halogens is 1. The molecule has 0 atom stereocenters. The summed E-state index contributed by atoms with van der Waals surface area (Å²) < 4.78 is 2.22. The first-order valence-electron chi connectivity index (χ1n) is 4.66. The number of hydrogen-bond acceptors (Lipinski definition) is 4. The zero-order valence-electron chi connectivity index (χ0n) is 8.81. The minimum absolute atomic E-state index is 0.280. The zero-order chi connectivity index (χ0) is 12.4. The molecule has 0 radical (unpaired) electrons. The predicted octanol–water partition coefficient (Wildman–Crippen LogP) is 1.83. The average molecular weight is 314 g/mol.